The first kappa shape index (κ1) is 12.7. The summed E-state index contributed by atoms with van der Waals surface area (Å²) in [6.07, 6.45) is -2.04. The molecule has 1 aromatic carbocycles. The van der Waals surface area contributed by atoms with Crippen LogP contribution in [0.25, 0.3) is 0 Å². The number of nitrogens with zero attached hydrogens (tertiary/aromatic N) is 1. The summed E-state index contributed by atoms with van der Waals surface area (Å²) in [6.45, 7) is 0. The molecule has 2 nitrogen and oxygen atoms in total. The van der Waals surface area contributed by atoms with Crippen LogP contribution in [0.4, 0.5) is 13.2 Å². The van der Waals surface area contributed by atoms with Crippen LogP contribution < -0.4 is 4.74 Å². The van der Waals surface area contributed by atoms with Crippen molar-refractivity contribution < 1.29 is 17.9 Å². The summed E-state index contributed by atoms with van der Waals surface area (Å²) < 4.78 is 42.6. The first-order valence-electron chi connectivity index (χ1n) is 5.74. The maximum absolute atomic E-state index is 12.4. The summed E-state index contributed by atoms with van der Waals surface area (Å²) in [5, 5.41) is 8.89. The Morgan fingerprint density at radius 1 is 1.17 bits per heavy atom. The Labute approximate surface area is 103 Å². The van der Waals surface area contributed by atoms with E-state index in [4.69, 9.17) is 10.00 Å². The van der Waals surface area contributed by atoms with Crippen LogP contribution in [0.5, 0.6) is 5.75 Å². The van der Waals surface area contributed by atoms with Crippen molar-refractivity contribution in [3.63, 3.8) is 0 Å². The van der Waals surface area contributed by atoms with Gasteiger partial charge in [-0.2, -0.15) is 18.4 Å². The SMILES string of the molecule is N#CC1CCCC1Oc1ccc(C(F)(F)F)cc1. The Kier molecular flexibility index (Phi) is 3.46. The van der Waals surface area contributed by atoms with E-state index in [1.807, 2.05) is 0 Å². The Morgan fingerprint density at radius 3 is 2.39 bits per heavy atom. The Morgan fingerprint density at radius 2 is 1.83 bits per heavy atom. The number of hydrogen-bond donors (Lipinski definition) is 0. The quantitative estimate of drug-likeness (QED) is 0.805. The van der Waals surface area contributed by atoms with Crippen molar-refractivity contribution in [1.29, 1.82) is 5.26 Å². The minimum absolute atomic E-state index is 0.160. The molecule has 0 N–H and O–H groups in total. The highest BCUT2D eigenvalue weighted by Gasteiger charge is 2.31. The van der Waals surface area contributed by atoms with Gasteiger partial charge in [0.1, 0.15) is 11.9 Å². The summed E-state index contributed by atoms with van der Waals surface area (Å²) in [5.74, 6) is 0.224. The molecule has 1 aliphatic carbocycles. The zero-order valence-corrected chi connectivity index (χ0v) is 9.57. The highest BCUT2D eigenvalue weighted by molar-refractivity contribution is 5.29. The van der Waals surface area contributed by atoms with E-state index >= 15 is 0 Å². The molecular formula is C13H12F3NO. The first-order chi connectivity index (χ1) is 8.50. The van der Waals surface area contributed by atoms with Crippen LogP contribution in [-0.2, 0) is 6.18 Å². The predicted molar refractivity (Wildman–Crippen MR) is 58.8 cm³/mol. The molecule has 0 saturated heterocycles. The van der Waals surface area contributed by atoms with Crippen molar-refractivity contribution in [1.82, 2.24) is 0 Å². The van der Waals surface area contributed by atoms with Gasteiger partial charge in [0.15, 0.2) is 0 Å². The lowest BCUT2D eigenvalue weighted by atomic mass is 10.1. The first-order valence-corrected chi connectivity index (χ1v) is 5.74. The van der Waals surface area contributed by atoms with Gasteiger partial charge in [-0.15, -0.1) is 0 Å². The molecule has 1 saturated carbocycles. The number of benzene rings is 1. The molecule has 0 aliphatic heterocycles. The van der Waals surface area contributed by atoms with Crippen molar-refractivity contribution in [3.8, 4) is 11.8 Å². The highest BCUT2D eigenvalue weighted by atomic mass is 19.4. The summed E-state index contributed by atoms with van der Waals surface area (Å²) in [6, 6.07) is 6.75. The van der Waals surface area contributed by atoms with Crippen molar-refractivity contribution in [2.75, 3.05) is 0 Å². The third-order valence-electron chi connectivity index (χ3n) is 3.09. The summed E-state index contributed by atoms with van der Waals surface area (Å²) in [7, 11) is 0. The van der Waals surface area contributed by atoms with Crippen LogP contribution in [0, 0.1) is 17.2 Å². The standard InChI is InChI=1S/C13H12F3NO/c14-13(15,16)10-4-6-11(7-5-10)18-12-3-1-2-9(12)8-17/h4-7,9,12H,1-3H2. The van der Waals surface area contributed by atoms with Gasteiger partial charge < -0.3 is 4.74 Å². The van der Waals surface area contributed by atoms with E-state index in [0.717, 1.165) is 31.4 Å². The van der Waals surface area contributed by atoms with Gasteiger partial charge in [0, 0.05) is 0 Å². The van der Waals surface area contributed by atoms with E-state index in [2.05, 4.69) is 6.07 Å². The van der Waals surface area contributed by atoms with Gasteiger partial charge in [-0.25, -0.2) is 0 Å². The molecule has 96 valence electrons. The maximum Gasteiger partial charge on any atom is 0.416 e. The number of halogens is 3. The van der Waals surface area contributed by atoms with Crippen LogP contribution in [-0.4, -0.2) is 6.10 Å². The molecule has 1 aromatic rings. The van der Waals surface area contributed by atoms with Crippen molar-refractivity contribution in [3.05, 3.63) is 29.8 Å². The van der Waals surface area contributed by atoms with E-state index in [1.165, 1.54) is 12.1 Å². The zero-order valence-electron chi connectivity index (χ0n) is 9.57. The second-order valence-electron chi connectivity index (χ2n) is 4.34. The van der Waals surface area contributed by atoms with Crippen LogP contribution in [0.3, 0.4) is 0 Å². The molecule has 2 atom stereocenters. The lowest BCUT2D eigenvalue weighted by molar-refractivity contribution is -0.137. The highest BCUT2D eigenvalue weighted by Crippen LogP contribution is 2.32. The monoisotopic (exact) mass is 255 g/mol. The predicted octanol–water partition coefficient (Wildman–Crippen LogP) is 3.78. The van der Waals surface area contributed by atoms with Crippen LogP contribution in [0.15, 0.2) is 24.3 Å². The fourth-order valence-electron chi connectivity index (χ4n) is 2.11. The average molecular weight is 255 g/mol. The smallest absolute Gasteiger partial charge is 0.416 e. The van der Waals surface area contributed by atoms with Gasteiger partial charge in [-0.05, 0) is 43.5 Å². The molecule has 0 amide bonds. The Bertz CT molecular complexity index is 447. The van der Waals surface area contributed by atoms with Gasteiger partial charge >= 0.3 is 6.18 Å². The molecule has 0 heterocycles. The number of alkyl halides is 3. The minimum Gasteiger partial charge on any atom is -0.489 e. The third-order valence-corrected chi connectivity index (χ3v) is 3.09. The van der Waals surface area contributed by atoms with E-state index in [-0.39, 0.29) is 12.0 Å². The third kappa shape index (κ3) is 2.76. The normalized spacial score (nSPS) is 23.7. The molecule has 1 fully saturated rings. The number of nitriles is 1. The number of hydrogen-bond acceptors (Lipinski definition) is 2. The maximum atomic E-state index is 12.4. The van der Waals surface area contributed by atoms with Crippen LogP contribution >= 0.6 is 0 Å². The van der Waals surface area contributed by atoms with Gasteiger partial charge in [-0.1, -0.05) is 0 Å². The Balaban J connectivity index is 2.05. The Hall–Kier alpha value is -1.70. The molecule has 2 rings (SSSR count). The molecule has 0 bridgehead atoms. The largest absolute Gasteiger partial charge is 0.489 e. The van der Waals surface area contributed by atoms with Crippen molar-refractivity contribution in [2.45, 2.75) is 31.5 Å². The number of ether oxygens (including phenoxy) is 1. The van der Waals surface area contributed by atoms with Crippen LogP contribution in [0.2, 0.25) is 0 Å². The summed E-state index contributed by atoms with van der Waals surface area (Å²) in [5.41, 5.74) is -0.696. The van der Waals surface area contributed by atoms with E-state index in [1.54, 1.807) is 0 Å². The van der Waals surface area contributed by atoms with Gasteiger partial charge in [-0.3, -0.25) is 0 Å². The number of rotatable bonds is 2. The van der Waals surface area contributed by atoms with E-state index in [9.17, 15) is 13.2 Å². The lowest BCUT2D eigenvalue weighted by Crippen LogP contribution is -2.20. The van der Waals surface area contributed by atoms with E-state index < -0.39 is 11.7 Å². The van der Waals surface area contributed by atoms with Crippen molar-refractivity contribution >= 4 is 0 Å². The molecule has 5 heteroatoms. The molecule has 1 aliphatic rings. The second kappa shape index (κ2) is 4.89. The van der Waals surface area contributed by atoms with Gasteiger partial charge in [0.25, 0.3) is 0 Å². The fraction of sp³-hybridized carbons (Fsp3) is 0.462. The van der Waals surface area contributed by atoms with E-state index in [0.29, 0.717) is 5.75 Å². The average Bonchev–Trinajstić information content (AvgIpc) is 2.76. The van der Waals surface area contributed by atoms with Crippen molar-refractivity contribution in [2.24, 2.45) is 5.92 Å². The molecule has 18 heavy (non-hydrogen) atoms. The van der Waals surface area contributed by atoms with Crippen LogP contribution in [0.1, 0.15) is 24.8 Å². The fourth-order valence-corrected chi connectivity index (χ4v) is 2.11. The molecular weight excluding hydrogens is 243 g/mol. The summed E-state index contributed by atoms with van der Waals surface area (Å²) >= 11 is 0. The zero-order chi connectivity index (χ0) is 13.2. The lowest BCUT2D eigenvalue weighted by Gasteiger charge is -2.16. The minimum atomic E-state index is -4.33. The molecule has 0 radical (unpaired) electrons. The molecule has 2 unspecified atom stereocenters. The van der Waals surface area contributed by atoms with Gasteiger partial charge in [0.2, 0.25) is 0 Å². The topological polar surface area (TPSA) is 33.0 Å². The second-order valence-corrected chi connectivity index (χ2v) is 4.34. The molecule has 0 aromatic heterocycles. The molecule has 0 spiro atoms. The summed E-state index contributed by atoms with van der Waals surface area (Å²) in [4.78, 5) is 0. The van der Waals surface area contributed by atoms with Gasteiger partial charge in [0.05, 0.1) is 17.6 Å².